The van der Waals surface area contributed by atoms with Crippen molar-refractivity contribution >= 4 is 50.5 Å². The van der Waals surface area contributed by atoms with Crippen molar-refractivity contribution in [2.24, 2.45) is 0 Å². The molecule has 2 rings (SSSR count). The van der Waals surface area contributed by atoms with E-state index in [9.17, 15) is 13.2 Å². The summed E-state index contributed by atoms with van der Waals surface area (Å²) in [7, 11) is -3.50. The molecule has 0 fully saturated rings. The second-order valence-electron chi connectivity index (χ2n) is 4.17. The van der Waals surface area contributed by atoms with Crippen LogP contribution < -0.4 is 5.32 Å². The number of carbonyl (C=O) groups is 1. The molecule has 6 nitrogen and oxygen atoms in total. The van der Waals surface area contributed by atoms with Crippen LogP contribution >= 0.6 is 34.7 Å². The number of amides is 1. The lowest BCUT2D eigenvalue weighted by Crippen LogP contribution is -2.23. The predicted molar refractivity (Wildman–Crippen MR) is 85.3 cm³/mol. The Hall–Kier alpha value is -1.22. The van der Waals surface area contributed by atoms with E-state index in [0.717, 1.165) is 11.5 Å². The second kappa shape index (κ2) is 7.36. The molecule has 118 valence electrons. The van der Waals surface area contributed by atoms with Crippen LogP contribution in [0.4, 0.5) is 0 Å². The average Bonchev–Trinajstić information content (AvgIpc) is 2.95. The number of benzene rings is 1. The van der Waals surface area contributed by atoms with Gasteiger partial charge in [-0.15, -0.1) is 11.6 Å². The van der Waals surface area contributed by atoms with Crippen LogP contribution in [-0.2, 0) is 16.4 Å². The van der Waals surface area contributed by atoms with E-state index >= 15 is 0 Å². The Labute approximate surface area is 141 Å². The molecule has 0 bridgehead atoms. The van der Waals surface area contributed by atoms with Gasteiger partial charge in [0.2, 0.25) is 14.2 Å². The molecule has 2 aromatic rings. The van der Waals surface area contributed by atoms with Gasteiger partial charge in [-0.3, -0.25) is 4.79 Å². The lowest BCUT2D eigenvalue weighted by atomic mass is 10.2. The van der Waals surface area contributed by atoms with Crippen molar-refractivity contribution in [1.29, 1.82) is 0 Å². The number of hydrogen-bond donors (Lipinski definition) is 1. The third kappa shape index (κ3) is 4.39. The molecule has 1 amide bonds. The zero-order valence-electron chi connectivity index (χ0n) is 11.1. The maximum absolute atomic E-state index is 11.9. The number of hydrogen-bond acceptors (Lipinski definition) is 6. The van der Waals surface area contributed by atoms with Crippen molar-refractivity contribution in [2.75, 3.05) is 11.6 Å². The quantitative estimate of drug-likeness (QED) is 0.776. The fraction of sp³-hybridized carbons (Fsp3) is 0.250. The van der Waals surface area contributed by atoms with Crippen molar-refractivity contribution < 1.29 is 13.2 Å². The minimum Gasteiger partial charge on any atom is -0.345 e. The number of carbonyl (C=O) groups excluding carboxylic acids is 1. The van der Waals surface area contributed by atoms with Crippen LogP contribution in [0.15, 0.2) is 28.6 Å². The van der Waals surface area contributed by atoms with Crippen LogP contribution in [0.3, 0.4) is 0 Å². The summed E-state index contributed by atoms with van der Waals surface area (Å²) in [5.41, 5.74) is 0.439. The van der Waals surface area contributed by atoms with Crippen LogP contribution in [0.5, 0.6) is 0 Å². The Morgan fingerprint density at radius 3 is 2.59 bits per heavy atom. The molecule has 0 aliphatic rings. The van der Waals surface area contributed by atoms with Crippen LogP contribution in [0.1, 0.15) is 16.2 Å². The van der Waals surface area contributed by atoms with Gasteiger partial charge in [0.1, 0.15) is 0 Å². The van der Waals surface area contributed by atoms with E-state index in [1.54, 1.807) is 24.3 Å². The fourth-order valence-electron chi connectivity index (χ4n) is 1.49. The number of sulfone groups is 1. The third-order valence-electron chi connectivity index (χ3n) is 2.57. The standard InChI is InChI=1S/C12H11Cl2N3O3S2/c13-5-6-22(19,20)12-16-10(17-21-12)7-15-11(18)8-1-3-9(14)4-2-8/h1-4H,5-7H2,(H,15,18). The summed E-state index contributed by atoms with van der Waals surface area (Å²) in [6.07, 6.45) is 0. The molecule has 0 radical (unpaired) electrons. The molecular formula is C12H11Cl2N3O3S2. The second-order valence-corrected chi connectivity index (χ2v) is 8.02. The molecule has 10 heteroatoms. The molecule has 1 N–H and O–H groups in total. The third-order valence-corrected chi connectivity index (χ3v) is 6.14. The molecular weight excluding hydrogens is 369 g/mol. The van der Waals surface area contributed by atoms with E-state index in [1.165, 1.54) is 0 Å². The van der Waals surface area contributed by atoms with Crippen LogP contribution in [0.25, 0.3) is 0 Å². The Bertz CT molecular complexity index is 760. The summed E-state index contributed by atoms with van der Waals surface area (Å²) in [6, 6.07) is 6.38. The molecule has 0 atom stereocenters. The van der Waals surface area contributed by atoms with Gasteiger partial charge in [-0.2, -0.15) is 4.37 Å². The molecule has 0 unspecified atom stereocenters. The van der Waals surface area contributed by atoms with Gasteiger partial charge in [0.15, 0.2) is 5.82 Å². The van der Waals surface area contributed by atoms with Crippen molar-refractivity contribution in [3.8, 4) is 0 Å². The minimum atomic E-state index is -3.50. The zero-order valence-corrected chi connectivity index (χ0v) is 14.3. The maximum Gasteiger partial charge on any atom is 0.251 e. The van der Waals surface area contributed by atoms with Crippen molar-refractivity contribution in [3.05, 3.63) is 40.7 Å². The molecule has 0 aliphatic carbocycles. The summed E-state index contributed by atoms with van der Waals surface area (Å²) >= 11 is 11.9. The monoisotopic (exact) mass is 379 g/mol. The highest BCUT2D eigenvalue weighted by atomic mass is 35.5. The Morgan fingerprint density at radius 2 is 1.95 bits per heavy atom. The van der Waals surface area contributed by atoms with Gasteiger partial charge < -0.3 is 5.32 Å². The van der Waals surface area contributed by atoms with Crippen LogP contribution in [0, 0.1) is 0 Å². The van der Waals surface area contributed by atoms with Gasteiger partial charge in [-0.05, 0) is 35.8 Å². The van der Waals surface area contributed by atoms with Gasteiger partial charge in [0, 0.05) is 16.5 Å². The summed E-state index contributed by atoms with van der Waals surface area (Å²) in [6.45, 7) is 0.0361. The first-order valence-electron chi connectivity index (χ1n) is 6.07. The van der Waals surface area contributed by atoms with Gasteiger partial charge >= 0.3 is 0 Å². The van der Waals surface area contributed by atoms with Crippen molar-refractivity contribution in [1.82, 2.24) is 14.7 Å². The van der Waals surface area contributed by atoms with Gasteiger partial charge in [-0.1, -0.05) is 11.6 Å². The van der Waals surface area contributed by atoms with Gasteiger partial charge in [0.05, 0.1) is 12.3 Å². The normalized spacial score (nSPS) is 11.4. The van der Waals surface area contributed by atoms with E-state index in [-0.39, 0.29) is 34.2 Å². The predicted octanol–water partition coefficient (Wildman–Crippen LogP) is 2.13. The van der Waals surface area contributed by atoms with Gasteiger partial charge in [0.25, 0.3) is 5.91 Å². The number of halogens is 2. The van der Waals surface area contributed by atoms with E-state index in [0.29, 0.717) is 10.6 Å². The highest BCUT2D eigenvalue weighted by molar-refractivity contribution is 7.93. The largest absolute Gasteiger partial charge is 0.345 e. The minimum absolute atomic E-state index is 0.00938. The zero-order chi connectivity index (χ0) is 16.2. The van der Waals surface area contributed by atoms with Crippen molar-refractivity contribution in [2.45, 2.75) is 10.9 Å². The average molecular weight is 380 g/mol. The number of rotatable bonds is 6. The molecule has 0 saturated carbocycles. The first-order chi connectivity index (χ1) is 10.4. The molecule has 22 heavy (non-hydrogen) atoms. The highest BCUT2D eigenvalue weighted by Gasteiger charge is 2.19. The SMILES string of the molecule is O=C(NCc1nsc(S(=O)(=O)CCCl)n1)c1ccc(Cl)cc1. The summed E-state index contributed by atoms with van der Waals surface area (Å²) in [4.78, 5) is 15.8. The Kier molecular flexibility index (Phi) is 5.74. The smallest absolute Gasteiger partial charge is 0.251 e. The van der Waals surface area contributed by atoms with E-state index in [4.69, 9.17) is 23.2 Å². The summed E-state index contributed by atoms with van der Waals surface area (Å²) in [5, 5.41) is 3.14. The fourth-order valence-corrected chi connectivity index (χ4v) is 4.10. The highest BCUT2D eigenvalue weighted by Crippen LogP contribution is 2.14. The first kappa shape index (κ1) is 17.1. The summed E-state index contributed by atoms with van der Waals surface area (Å²) < 4.78 is 27.3. The molecule has 1 heterocycles. The van der Waals surface area contributed by atoms with Crippen LogP contribution in [-0.4, -0.2) is 35.3 Å². The first-order valence-corrected chi connectivity index (χ1v) is 9.41. The van der Waals surface area contributed by atoms with E-state index < -0.39 is 9.84 Å². The lowest BCUT2D eigenvalue weighted by Gasteiger charge is -2.02. The van der Waals surface area contributed by atoms with Gasteiger partial charge in [-0.25, -0.2) is 13.4 Å². The van der Waals surface area contributed by atoms with Crippen LogP contribution in [0.2, 0.25) is 5.02 Å². The maximum atomic E-state index is 11.9. The molecule has 0 saturated heterocycles. The molecule has 1 aromatic carbocycles. The number of alkyl halides is 1. The molecule has 0 spiro atoms. The Morgan fingerprint density at radius 1 is 1.27 bits per heavy atom. The van der Waals surface area contributed by atoms with E-state index in [2.05, 4.69) is 14.7 Å². The number of aromatic nitrogens is 2. The number of nitrogens with zero attached hydrogens (tertiary/aromatic N) is 2. The van der Waals surface area contributed by atoms with Crippen molar-refractivity contribution in [3.63, 3.8) is 0 Å². The number of nitrogens with one attached hydrogen (secondary N) is 1. The molecule has 1 aromatic heterocycles. The Balaban J connectivity index is 1.99. The topological polar surface area (TPSA) is 89.0 Å². The summed E-state index contributed by atoms with van der Waals surface area (Å²) in [5.74, 6) is -0.290. The van der Waals surface area contributed by atoms with E-state index in [1.807, 2.05) is 0 Å². The molecule has 0 aliphatic heterocycles. The lowest BCUT2D eigenvalue weighted by molar-refractivity contribution is 0.0950.